The minimum Gasteiger partial charge on any atom is -0.490 e. The zero-order valence-corrected chi connectivity index (χ0v) is 11.0. The Morgan fingerprint density at radius 1 is 1.26 bits per heavy atom. The van der Waals surface area contributed by atoms with Crippen molar-refractivity contribution in [1.82, 2.24) is 5.32 Å². The van der Waals surface area contributed by atoms with E-state index in [1.165, 1.54) is 0 Å². The highest BCUT2D eigenvalue weighted by Crippen LogP contribution is 2.25. The molecule has 102 valence electrons. The standard InChI is InChI=1S/C16H21NO2/c1-12(2)17-10-14(18)11-19-16-9-5-7-13-6-3-4-8-15(13)16/h3-9,12,14,17-18H,10-11H2,1-2H3/i1D3. The molecule has 0 spiro atoms. The molecule has 2 rings (SSSR count). The van der Waals surface area contributed by atoms with Gasteiger partial charge in [-0.25, -0.2) is 0 Å². The van der Waals surface area contributed by atoms with Crippen LogP contribution in [0.2, 0.25) is 0 Å². The molecule has 0 aromatic heterocycles. The Hall–Kier alpha value is -1.58. The van der Waals surface area contributed by atoms with Crippen LogP contribution in [0.25, 0.3) is 10.8 Å². The summed E-state index contributed by atoms with van der Waals surface area (Å²) in [5.74, 6) is 0.709. The lowest BCUT2D eigenvalue weighted by molar-refractivity contribution is 0.105. The van der Waals surface area contributed by atoms with Gasteiger partial charge in [0.05, 0.1) is 0 Å². The van der Waals surface area contributed by atoms with Gasteiger partial charge in [-0.2, -0.15) is 0 Å². The van der Waals surface area contributed by atoms with Crippen molar-refractivity contribution < 1.29 is 14.0 Å². The van der Waals surface area contributed by atoms with Crippen LogP contribution in [-0.2, 0) is 0 Å². The molecule has 0 bridgehead atoms. The number of ether oxygens (including phenoxy) is 1. The molecule has 2 atom stereocenters. The molecule has 0 amide bonds. The van der Waals surface area contributed by atoms with Crippen LogP contribution in [0.1, 0.15) is 17.9 Å². The highest BCUT2D eigenvalue weighted by Gasteiger charge is 2.07. The molecule has 2 unspecified atom stereocenters. The Morgan fingerprint density at radius 2 is 2.05 bits per heavy atom. The summed E-state index contributed by atoms with van der Waals surface area (Å²) in [4.78, 5) is 0. The maximum absolute atomic E-state index is 9.93. The average molecular weight is 262 g/mol. The molecule has 0 heterocycles. The summed E-state index contributed by atoms with van der Waals surface area (Å²) in [6.45, 7) is -0.222. The number of aliphatic hydroxyl groups excluding tert-OH is 1. The molecule has 3 heteroatoms. The van der Waals surface area contributed by atoms with Crippen molar-refractivity contribution >= 4 is 10.8 Å². The Balaban J connectivity index is 1.89. The van der Waals surface area contributed by atoms with Gasteiger partial charge in [0.15, 0.2) is 0 Å². The van der Waals surface area contributed by atoms with Crippen LogP contribution in [0.5, 0.6) is 5.75 Å². The van der Waals surface area contributed by atoms with Gasteiger partial charge in [-0.05, 0) is 11.5 Å². The van der Waals surface area contributed by atoms with E-state index in [0.717, 1.165) is 10.8 Å². The molecular formula is C16H21NO2. The van der Waals surface area contributed by atoms with E-state index in [0.29, 0.717) is 5.75 Å². The van der Waals surface area contributed by atoms with E-state index in [4.69, 9.17) is 8.85 Å². The monoisotopic (exact) mass is 262 g/mol. The predicted octanol–water partition coefficient (Wildman–Crippen LogP) is 2.58. The summed E-state index contributed by atoms with van der Waals surface area (Å²) in [5.41, 5.74) is 0. The van der Waals surface area contributed by atoms with Crippen LogP contribution in [0.15, 0.2) is 42.5 Å². The Kier molecular flexibility index (Phi) is 3.53. The number of benzene rings is 2. The summed E-state index contributed by atoms with van der Waals surface area (Å²) < 4.78 is 27.5. The van der Waals surface area contributed by atoms with Crippen molar-refractivity contribution in [2.24, 2.45) is 0 Å². The summed E-state index contributed by atoms with van der Waals surface area (Å²) in [6.07, 6.45) is -0.774. The second-order valence-corrected chi connectivity index (χ2v) is 4.57. The van der Waals surface area contributed by atoms with Crippen molar-refractivity contribution in [3.8, 4) is 5.75 Å². The van der Waals surface area contributed by atoms with Crippen molar-refractivity contribution in [3.05, 3.63) is 42.5 Å². The molecule has 19 heavy (non-hydrogen) atoms. The molecule has 0 aliphatic carbocycles. The third kappa shape index (κ3) is 3.94. The lowest BCUT2D eigenvalue weighted by Crippen LogP contribution is -2.35. The summed E-state index contributed by atoms with van der Waals surface area (Å²) in [6, 6.07) is 12.9. The van der Waals surface area contributed by atoms with Crippen molar-refractivity contribution in [1.29, 1.82) is 0 Å². The Labute approximate surface area is 118 Å². The Bertz CT molecular complexity index is 610. The van der Waals surface area contributed by atoms with Gasteiger partial charge in [0.2, 0.25) is 0 Å². The highest BCUT2D eigenvalue weighted by molar-refractivity contribution is 5.88. The zero-order valence-electron chi connectivity index (χ0n) is 14.0. The van der Waals surface area contributed by atoms with Crippen LogP contribution in [-0.4, -0.2) is 30.4 Å². The molecule has 2 N–H and O–H groups in total. The van der Waals surface area contributed by atoms with E-state index < -0.39 is 19.0 Å². The van der Waals surface area contributed by atoms with Gasteiger partial charge >= 0.3 is 0 Å². The third-order valence-corrected chi connectivity index (χ3v) is 2.84. The first-order chi connectivity index (χ1) is 10.4. The topological polar surface area (TPSA) is 41.5 Å². The molecule has 0 saturated heterocycles. The molecule has 0 saturated carbocycles. The molecule has 0 radical (unpaired) electrons. The van der Waals surface area contributed by atoms with Gasteiger partial charge in [-0.1, -0.05) is 50.2 Å². The number of nitrogens with one attached hydrogen (secondary N) is 1. The normalized spacial score (nSPS) is 17.3. The van der Waals surface area contributed by atoms with Crippen LogP contribution in [0.4, 0.5) is 0 Å². The fraction of sp³-hybridized carbons (Fsp3) is 0.375. The van der Waals surface area contributed by atoms with Crippen molar-refractivity contribution in [2.75, 3.05) is 13.2 Å². The maximum atomic E-state index is 9.93. The second kappa shape index (κ2) is 6.55. The molecule has 0 fully saturated rings. The van der Waals surface area contributed by atoms with Crippen LogP contribution in [0.3, 0.4) is 0 Å². The lowest BCUT2D eigenvalue weighted by atomic mass is 10.1. The second-order valence-electron chi connectivity index (χ2n) is 4.57. The highest BCUT2D eigenvalue weighted by atomic mass is 16.5. The van der Waals surface area contributed by atoms with E-state index in [9.17, 15) is 5.11 Å². The van der Waals surface area contributed by atoms with Gasteiger partial charge in [-0.15, -0.1) is 0 Å². The predicted molar refractivity (Wildman–Crippen MR) is 78.6 cm³/mol. The van der Waals surface area contributed by atoms with Crippen molar-refractivity contribution in [2.45, 2.75) is 25.9 Å². The van der Waals surface area contributed by atoms with E-state index in [1.54, 1.807) is 6.92 Å². The Morgan fingerprint density at radius 3 is 2.89 bits per heavy atom. The SMILES string of the molecule is [2H]C([2H])([2H])C(C)NCC(O)COc1cccc2ccccc12. The summed E-state index contributed by atoms with van der Waals surface area (Å²) >= 11 is 0. The molecule has 2 aromatic rings. The molecule has 0 aliphatic heterocycles. The fourth-order valence-corrected chi connectivity index (χ4v) is 1.88. The first-order valence-corrected chi connectivity index (χ1v) is 6.40. The minimum absolute atomic E-state index is 0.106. The first kappa shape index (κ1) is 10.2. The molecule has 2 aromatic carbocycles. The van der Waals surface area contributed by atoms with E-state index in [1.807, 2.05) is 42.5 Å². The van der Waals surface area contributed by atoms with Gasteiger partial charge < -0.3 is 15.2 Å². The number of fused-ring (bicyclic) bond motifs is 1. The molecule has 3 nitrogen and oxygen atoms in total. The number of rotatable bonds is 6. The van der Waals surface area contributed by atoms with Gasteiger partial charge in [0.25, 0.3) is 0 Å². The lowest BCUT2D eigenvalue weighted by Gasteiger charge is -2.15. The van der Waals surface area contributed by atoms with E-state index in [2.05, 4.69) is 5.32 Å². The van der Waals surface area contributed by atoms with Gasteiger partial charge in [0, 0.05) is 22.1 Å². The average Bonchev–Trinajstić information content (AvgIpc) is 2.49. The van der Waals surface area contributed by atoms with Crippen LogP contribution >= 0.6 is 0 Å². The van der Waals surface area contributed by atoms with E-state index >= 15 is 0 Å². The summed E-state index contributed by atoms with van der Waals surface area (Å²) in [7, 11) is 0. The van der Waals surface area contributed by atoms with Crippen molar-refractivity contribution in [3.63, 3.8) is 0 Å². The third-order valence-electron chi connectivity index (χ3n) is 2.84. The van der Waals surface area contributed by atoms with Crippen LogP contribution < -0.4 is 10.1 Å². The number of hydrogen-bond acceptors (Lipinski definition) is 3. The quantitative estimate of drug-likeness (QED) is 0.840. The van der Waals surface area contributed by atoms with Crippen LogP contribution in [0, 0.1) is 0 Å². The van der Waals surface area contributed by atoms with Gasteiger partial charge in [0.1, 0.15) is 18.5 Å². The first-order valence-electron chi connectivity index (χ1n) is 7.90. The number of aliphatic hydroxyl groups is 1. The summed E-state index contributed by atoms with van der Waals surface area (Å²) in [5, 5.41) is 14.8. The molecular weight excluding hydrogens is 238 g/mol. The maximum Gasteiger partial charge on any atom is 0.127 e. The van der Waals surface area contributed by atoms with E-state index in [-0.39, 0.29) is 13.2 Å². The minimum atomic E-state index is -2.07. The largest absolute Gasteiger partial charge is 0.490 e. The zero-order chi connectivity index (χ0) is 16.2. The fourth-order valence-electron chi connectivity index (χ4n) is 1.88. The number of hydrogen-bond donors (Lipinski definition) is 2. The smallest absolute Gasteiger partial charge is 0.127 e. The molecule has 0 aliphatic rings. The van der Waals surface area contributed by atoms with Gasteiger partial charge in [-0.3, -0.25) is 0 Å².